The average molecular weight is 399 g/mol. The van der Waals surface area contributed by atoms with Crippen LogP contribution in [0.15, 0.2) is 22.6 Å². The summed E-state index contributed by atoms with van der Waals surface area (Å²) in [7, 11) is -4.49. The molecule has 1 saturated carbocycles. The van der Waals surface area contributed by atoms with Crippen molar-refractivity contribution in [1.82, 2.24) is 0 Å². The molecule has 0 saturated heterocycles. The Bertz CT molecular complexity index is 628. The summed E-state index contributed by atoms with van der Waals surface area (Å²) in [6.07, 6.45) is 16.0. The zero-order valence-electron chi connectivity index (χ0n) is 16.3. The Kier molecular flexibility index (Phi) is 8.77. The Labute approximate surface area is 162 Å². The molecule has 0 bridgehead atoms. The van der Waals surface area contributed by atoms with E-state index in [9.17, 15) is 4.57 Å². The molecule has 0 aromatic carbocycles. The Hall–Kier alpha value is -0.910. The minimum Gasteiger partial charge on any atom is -0.462 e. The first-order valence-corrected chi connectivity index (χ1v) is 11.5. The van der Waals surface area contributed by atoms with E-state index in [0.29, 0.717) is 12.8 Å². The first-order valence-electron chi connectivity index (χ1n) is 9.98. The molecular weight excluding hydrogens is 365 g/mol. The molecule has 2 rings (SSSR count). The number of phosphoric ester groups is 1. The summed E-state index contributed by atoms with van der Waals surface area (Å²) in [5.41, 5.74) is 5.20. The third-order valence-electron chi connectivity index (χ3n) is 5.18. The largest absolute Gasteiger partial charge is 0.469 e. The molecular formula is C20H34NO5P. The molecule has 1 heterocycles. The van der Waals surface area contributed by atoms with Gasteiger partial charge in [-0.2, -0.15) is 0 Å². The lowest BCUT2D eigenvalue weighted by Gasteiger charge is -2.23. The normalized spacial score (nSPS) is 18.8. The van der Waals surface area contributed by atoms with E-state index < -0.39 is 13.4 Å². The van der Waals surface area contributed by atoms with Gasteiger partial charge in [0.25, 0.3) is 0 Å². The smallest absolute Gasteiger partial charge is 0.462 e. The SMILES string of the molecule is CC(N)(CCc1ccc(/C=C/CCCC2CCCCC2)o1)COP(=O)(O)O. The zero-order valence-corrected chi connectivity index (χ0v) is 17.2. The lowest BCUT2D eigenvalue weighted by molar-refractivity contribution is 0.154. The van der Waals surface area contributed by atoms with Gasteiger partial charge in [-0.1, -0.05) is 44.6 Å². The Morgan fingerprint density at radius 2 is 2.07 bits per heavy atom. The van der Waals surface area contributed by atoms with Gasteiger partial charge in [0, 0.05) is 12.0 Å². The van der Waals surface area contributed by atoms with Crippen molar-refractivity contribution in [3.05, 3.63) is 29.7 Å². The molecule has 1 aromatic rings. The fraction of sp³-hybridized carbons (Fsp3) is 0.700. The van der Waals surface area contributed by atoms with Crippen LogP contribution in [0.1, 0.15) is 76.2 Å². The van der Waals surface area contributed by atoms with Gasteiger partial charge >= 0.3 is 7.82 Å². The van der Waals surface area contributed by atoms with Crippen molar-refractivity contribution >= 4 is 13.9 Å². The second-order valence-electron chi connectivity index (χ2n) is 8.06. The van der Waals surface area contributed by atoms with Gasteiger partial charge < -0.3 is 19.9 Å². The maximum Gasteiger partial charge on any atom is 0.469 e. The molecule has 0 aliphatic heterocycles. The molecule has 154 valence electrons. The highest BCUT2D eigenvalue weighted by Crippen LogP contribution is 2.36. The number of hydrogen-bond donors (Lipinski definition) is 3. The second kappa shape index (κ2) is 10.6. The minimum atomic E-state index is -4.49. The van der Waals surface area contributed by atoms with Crippen LogP contribution in [0.4, 0.5) is 0 Å². The fourth-order valence-electron chi connectivity index (χ4n) is 3.53. The van der Waals surface area contributed by atoms with E-state index in [4.69, 9.17) is 19.9 Å². The summed E-state index contributed by atoms with van der Waals surface area (Å²) in [5, 5.41) is 0. The third kappa shape index (κ3) is 9.72. The predicted molar refractivity (Wildman–Crippen MR) is 107 cm³/mol. The molecule has 1 atom stereocenters. The summed E-state index contributed by atoms with van der Waals surface area (Å²) in [4.78, 5) is 17.5. The Balaban J connectivity index is 1.67. The molecule has 7 heteroatoms. The molecule has 1 aliphatic carbocycles. The van der Waals surface area contributed by atoms with Crippen molar-refractivity contribution in [3.63, 3.8) is 0 Å². The van der Waals surface area contributed by atoms with Crippen molar-refractivity contribution in [1.29, 1.82) is 0 Å². The van der Waals surface area contributed by atoms with E-state index in [1.54, 1.807) is 6.92 Å². The number of hydrogen-bond acceptors (Lipinski definition) is 4. The van der Waals surface area contributed by atoms with Crippen LogP contribution >= 0.6 is 7.82 Å². The Morgan fingerprint density at radius 1 is 1.33 bits per heavy atom. The predicted octanol–water partition coefficient (Wildman–Crippen LogP) is 4.80. The summed E-state index contributed by atoms with van der Waals surface area (Å²) in [6, 6.07) is 3.86. The molecule has 0 spiro atoms. The van der Waals surface area contributed by atoms with E-state index >= 15 is 0 Å². The van der Waals surface area contributed by atoms with Crippen molar-refractivity contribution in [2.45, 2.75) is 76.7 Å². The van der Waals surface area contributed by atoms with Crippen molar-refractivity contribution in [2.24, 2.45) is 11.7 Å². The topological polar surface area (TPSA) is 106 Å². The molecule has 6 nitrogen and oxygen atoms in total. The number of unbranched alkanes of at least 4 members (excludes halogenated alkanes) is 1. The first-order chi connectivity index (χ1) is 12.7. The quantitative estimate of drug-likeness (QED) is 0.364. The lowest BCUT2D eigenvalue weighted by Crippen LogP contribution is -2.41. The molecule has 4 N–H and O–H groups in total. The minimum absolute atomic E-state index is 0.203. The van der Waals surface area contributed by atoms with Crippen LogP contribution in [-0.2, 0) is 15.5 Å². The number of phosphoric acid groups is 1. The van der Waals surface area contributed by atoms with E-state index in [1.807, 2.05) is 18.2 Å². The third-order valence-corrected chi connectivity index (χ3v) is 5.64. The van der Waals surface area contributed by atoms with Gasteiger partial charge in [-0.3, -0.25) is 4.52 Å². The van der Waals surface area contributed by atoms with Crippen LogP contribution < -0.4 is 5.73 Å². The van der Waals surface area contributed by atoms with E-state index in [1.165, 1.54) is 44.9 Å². The van der Waals surface area contributed by atoms with Crippen LogP contribution in [0.5, 0.6) is 0 Å². The lowest BCUT2D eigenvalue weighted by atomic mass is 9.86. The average Bonchev–Trinajstić information content (AvgIpc) is 3.07. The fourth-order valence-corrected chi connectivity index (χ4v) is 3.99. The van der Waals surface area contributed by atoms with E-state index in [2.05, 4.69) is 10.6 Å². The standard InChI is InChI=1S/C20H34NO5P/c1-20(21,16-25-27(22,23)24)15-14-19-13-12-18(26-19)11-7-3-6-10-17-8-4-2-5-9-17/h7,11-13,17H,2-6,8-10,14-16,21H2,1H3,(H2,22,23,24)/b11-7+. The van der Waals surface area contributed by atoms with Gasteiger partial charge in [0.1, 0.15) is 11.5 Å². The monoisotopic (exact) mass is 399 g/mol. The summed E-state index contributed by atoms with van der Waals surface area (Å²) in [5.74, 6) is 2.57. The van der Waals surface area contributed by atoms with Gasteiger partial charge in [-0.15, -0.1) is 0 Å². The van der Waals surface area contributed by atoms with Gasteiger partial charge in [-0.05, 0) is 50.3 Å². The second-order valence-corrected chi connectivity index (χ2v) is 9.30. The molecule has 0 radical (unpaired) electrons. The molecule has 1 aromatic heterocycles. The van der Waals surface area contributed by atoms with Gasteiger partial charge in [0.2, 0.25) is 0 Å². The van der Waals surface area contributed by atoms with Crippen LogP contribution in [-0.4, -0.2) is 21.9 Å². The number of nitrogens with two attached hydrogens (primary N) is 1. The van der Waals surface area contributed by atoms with Crippen LogP contribution in [0.3, 0.4) is 0 Å². The Morgan fingerprint density at radius 3 is 2.78 bits per heavy atom. The van der Waals surface area contributed by atoms with Crippen LogP contribution in [0.25, 0.3) is 6.08 Å². The first kappa shape index (κ1) is 22.4. The molecule has 1 aliphatic rings. The maximum absolute atomic E-state index is 10.8. The van der Waals surface area contributed by atoms with E-state index in [0.717, 1.165) is 23.9 Å². The van der Waals surface area contributed by atoms with Crippen molar-refractivity contribution < 1.29 is 23.3 Å². The summed E-state index contributed by atoms with van der Waals surface area (Å²) in [6.45, 7) is 1.50. The molecule has 27 heavy (non-hydrogen) atoms. The van der Waals surface area contributed by atoms with Crippen molar-refractivity contribution in [3.8, 4) is 0 Å². The number of furan rings is 1. The number of rotatable bonds is 11. The van der Waals surface area contributed by atoms with Gasteiger partial charge in [-0.25, -0.2) is 4.57 Å². The maximum atomic E-state index is 10.8. The van der Waals surface area contributed by atoms with Gasteiger partial charge in [0.15, 0.2) is 0 Å². The number of allylic oxidation sites excluding steroid dienone is 1. The zero-order chi connectivity index (χ0) is 19.8. The highest BCUT2D eigenvalue weighted by atomic mass is 31.2. The van der Waals surface area contributed by atoms with Crippen LogP contribution in [0.2, 0.25) is 0 Å². The summed E-state index contributed by atoms with van der Waals surface area (Å²) < 4.78 is 21.1. The number of aryl methyl sites for hydroxylation is 1. The molecule has 0 amide bonds. The van der Waals surface area contributed by atoms with E-state index in [-0.39, 0.29) is 6.61 Å². The molecule has 1 fully saturated rings. The summed E-state index contributed by atoms with van der Waals surface area (Å²) >= 11 is 0. The van der Waals surface area contributed by atoms with Crippen molar-refractivity contribution in [2.75, 3.05) is 6.61 Å². The highest BCUT2D eigenvalue weighted by Gasteiger charge is 2.24. The molecule has 1 unspecified atom stereocenters. The van der Waals surface area contributed by atoms with Crippen LogP contribution in [0, 0.1) is 5.92 Å². The van der Waals surface area contributed by atoms with Gasteiger partial charge in [0.05, 0.1) is 6.61 Å². The highest BCUT2D eigenvalue weighted by molar-refractivity contribution is 7.46.